The van der Waals surface area contributed by atoms with Crippen molar-refractivity contribution in [2.75, 3.05) is 6.54 Å². The molecule has 0 unspecified atom stereocenters. The topological polar surface area (TPSA) is 95.1 Å². The highest BCUT2D eigenvalue weighted by Gasteiger charge is 2.14. The number of carbonyl (C=O) groups excluding carboxylic acids is 1. The average molecular weight is 349 g/mol. The molecule has 0 aromatic carbocycles. The number of fused-ring (bicyclic) bond motifs is 1. The van der Waals surface area contributed by atoms with Crippen LogP contribution in [0.3, 0.4) is 0 Å². The number of aromatic nitrogens is 2. The molecule has 0 radical (unpaired) electrons. The quantitative estimate of drug-likeness (QED) is 0.638. The van der Waals surface area contributed by atoms with Gasteiger partial charge in [-0.25, -0.2) is 9.78 Å². The number of hydrogen-bond donors (Lipinski definition) is 3. The standard InChI is InChI=1S/C15H15N3O3S2/c1-2-8-7-22-13(17-8)3-4-16-14(19)10-6-11-9(18-10)5-12(23-11)15(20)21/h5-7,18H,2-4H2,1H3,(H,16,19)(H,20,21). The Morgan fingerprint density at radius 3 is 2.87 bits per heavy atom. The normalized spacial score (nSPS) is 11.0. The third kappa shape index (κ3) is 3.43. The predicted octanol–water partition coefficient (Wildman–Crippen LogP) is 2.92. The van der Waals surface area contributed by atoms with Gasteiger partial charge in [-0.3, -0.25) is 4.79 Å². The van der Waals surface area contributed by atoms with Crippen molar-refractivity contribution < 1.29 is 14.7 Å². The number of carbonyl (C=O) groups is 2. The molecule has 0 spiro atoms. The first kappa shape index (κ1) is 15.7. The molecule has 0 aliphatic carbocycles. The summed E-state index contributed by atoms with van der Waals surface area (Å²) in [5.41, 5.74) is 2.19. The number of H-pyrrole nitrogens is 1. The highest BCUT2D eigenvalue weighted by atomic mass is 32.1. The van der Waals surface area contributed by atoms with Gasteiger partial charge in [0.25, 0.3) is 5.91 Å². The van der Waals surface area contributed by atoms with Crippen LogP contribution >= 0.6 is 22.7 Å². The number of nitrogens with zero attached hydrogens (tertiary/aromatic N) is 1. The molecule has 23 heavy (non-hydrogen) atoms. The first-order chi connectivity index (χ1) is 11.1. The fourth-order valence-electron chi connectivity index (χ4n) is 2.15. The van der Waals surface area contributed by atoms with Gasteiger partial charge in [0, 0.05) is 18.3 Å². The van der Waals surface area contributed by atoms with Crippen LogP contribution in [0, 0.1) is 0 Å². The summed E-state index contributed by atoms with van der Waals surface area (Å²) in [4.78, 5) is 30.7. The molecule has 3 rings (SSSR count). The summed E-state index contributed by atoms with van der Waals surface area (Å²) < 4.78 is 0.764. The van der Waals surface area contributed by atoms with Gasteiger partial charge in [0.1, 0.15) is 10.6 Å². The zero-order valence-corrected chi connectivity index (χ0v) is 14.0. The van der Waals surface area contributed by atoms with Gasteiger partial charge in [-0.1, -0.05) is 6.92 Å². The second-order valence-electron chi connectivity index (χ2n) is 4.97. The smallest absolute Gasteiger partial charge is 0.345 e. The molecule has 3 heterocycles. The third-order valence-electron chi connectivity index (χ3n) is 3.35. The molecule has 0 aliphatic heterocycles. The SMILES string of the molecule is CCc1csc(CCNC(=O)c2cc3sc(C(=O)O)cc3[nH]2)n1. The molecule has 0 atom stereocenters. The fourth-order valence-corrected chi connectivity index (χ4v) is 3.93. The molecule has 0 bridgehead atoms. The largest absolute Gasteiger partial charge is 0.477 e. The summed E-state index contributed by atoms with van der Waals surface area (Å²) in [6, 6.07) is 3.22. The van der Waals surface area contributed by atoms with Crippen molar-refractivity contribution in [1.82, 2.24) is 15.3 Å². The number of rotatable bonds is 6. The number of aryl methyl sites for hydroxylation is 1. The second kappa shape index (κ2) is 6.51. The van der Waals surface area contributed by atoms with Gasteiger partial charge < -0.3 is 15.4 Å². The van der Waals surface area contributed by atoms with E-state index in [1.54, 1.807) is 23.5 Å². The first-order valence-corrected chi connectivity index (χ1v) is 8.83. The Labute approximate surface area is 140 Å². The van der Waals surface area contributed by atoms with Crippen molar-refractivity contribution in [1.29, 1.82) is 0 Å². The van der Waals surface area contributed by atoms with Crippen LogP contribution in [0.15, 0.2) is 17.5 Å². The van der Waals surface area contributed by atoms with E-state index in [0.29, 0.717) is 24.2 Å². The Morgan fingerprint density at radius 1 is 1.39 bits per heavy atom. The number of nitrogens with one attached hydrogen (secondary N) is 2. The lowest BCUT2D eigenvalue weighted by molar-refractivity contribution is 0.0702. The lowest BCUT2D eigenvalue weighted by Gasteiger charge is -2.01. The van der Waals surface area contributed by atoms with E-state index in [2.05, 4.69) is 22.2 Å². The molecule has 0 aliphatic rings. The van der Waals surface area contributed by atoms with Gasteiger partial charge in [-0.15, -0.1) is 22.7 Å². The van der Waals surface area contributed by atoms with Crippen LogP contribution in [0.5, 0.6) is 0 Å². The molecule has 1 amide bonds. The van der Waals surface area contributed by atoms with E-state index in [0.717, 1.165) is 33.2 Å². The van der Waals surface area contributed by atoms with Gasteiger partial charge in [0.15, 0.2) is 0 Å². The maximum absolute atomic E-state index is 12.1. The molecule has 3 N–H and O–H groups in total. The van der Waals surface area contributed by atoms with Crippen molar-refractivity contribution in [3.63, 3.8) is 0 Å². The number of aromatic carboxylic acids is 1. The molecule has 6 nitrogen and oxygen atoms in total. The molecular formula is C15H15N3O3S2. The monoisotopic (exact) mass is 349 g/mol. The average Bonchev–Trinajstić information content (AvgIpc) is 3.20. The van der Waals surface area contributed by atoms with Crippen LogP contribution in [0.1, 0.15) is 37.8 Å². The Kier molecular flexibility index (Phi) is 4.44. The number of carboxylic acids is 1. The Balaban J connectivity index is 1.59. The highest BCUT2D eigenvalue weighted by Crippen LogP contribution is 2.26. The lowest BCUT2D eigenvalue weighted by atomic mass is 10.3. The Bertz CT molecular complexity index is 831. The number of amides is 1. The maximum atomic E-state index is 12.1. The zero-order chi connectivity index (χ0) is 16.4. The summed E-state index contributed by atoms with van der Waals surface area (Å²) in [5, 5.41) is 14.8. The predicted molar refractivity (Wildman–Crippen MR) is 90.7 cm³/mol. The van der Waals surface area contributed by atoms with Crippen LogP contribution in [-0.4, -0.2) is 33.5 Å². The van der Waals surface area contributed by atoms with E-state index in [1.165, 1.54) is 0 Å². The molecular weight excluding hydrogens is 334 g/mol. The van der Waals surface area contributed by atoms with Gasteiger partial charge in [0.2, 0.25) is 0 Å². The molecule has 3 aromatic rings. The van der Waals surface area contributed by atoms with Crippen LogP contribution in [0.25, 0.3) is 10.2 Å². The summed E-state index contributed by atoms with van der Waals surface area (Å²) in [6.45, 7) is 2.58. The second-order valence-corrected chi connectivity index (χ2v) is 7.00. The van der Waals surface area contributed by atoms with Crippen molar-refractivity contribution in [3.05, 3.63) is 38.8 Å². The number of carboxylic acid groups (broad SMARTS) is 1. The minimum Gasteiger partial charge on any atom is -0.477 e. The molecule has 8 heteroatoms. The summed E-state index contributed by atoms with van der Waals surface area (Å²) >= 11 is 2.76. The molecule has 120 valence electrons. The molecule has 0 saturated carbocycles. The highest BCUT2D eigenvalue weighted by molar-refractivity contribution is 7.20. The van der Waals surface area contributed by atoms with Crippen LogP contribution in [0.4, 0.5) is 0 Å². The van der Waals surface area contributed by atoms with Crippen molar-refractivity contribution in [2.45, 2.75) is 19.8 Å². The van der Waals surface area contributed by atoms with E-state index in [-0.39, 0.29) is 10.8 Å². The fraction of sp³-hybridized carbons (Fsp3) is 0.267. The maximum Gasteiger partial charge on any atom is 0.345 e. The van der Waals surface area contributed by atoms with Crippen LogP contribution in [0.2, 0.25) is 0 Å². The van der Waals surface area contributed by atoms with Gasteiger partial charge in [0.05, 0.1) is 20.9 Å². The van der Waals surface area contributed by atoms with E-state index in [1.807, 2.05) is 5.38 Å². The summed E-state index contributed by atoms with van der Waals surface area (Å²) in [6.07, 6.45) is 1.62. The van der Waals surface area contributed by atoms with E-state index >= 15 is 0 Å². The minimum absolute atomic E-state index is 0.197. The van der Waals surface area contributed by atoms with Crippen molar-refractivity contribution in [3.8, 4) is 0 Å². The van der Waals surface area contributed by atoms with E-state index in [9.17, 15) is 9.59 Å². The van der Waals surface area contributed by atoms with Crippen molar-refractivity contribution >= 4 is 44.8 Å². The third-order valence-corrected chi connectivity index (χ3v) is 5.37. The Morgan fingerprint density at radius 2 is 2.22 bits per heavy atom. The summed E-state index contributed by atoms with van der Waals surface area (Å²) in [5.74, 6) is -1.15. The summed E-state index contributed by atoms with van der Waals surface area (Å²) in [7, 11) is 0. The molecule has 0 saturated heterocycles. The van der Waals surface area contributed by atoms with Gasteiger partial charge >= 0.3 is 5.97 Å². The first-order valence-electron chi connectivity index (χ1n) is 7.14. The molecule has 0 fully saturated rings. The van der Waals surface area contributed by atoms with E-state index in [4.69, 9.17) is 5.11 Å². The number of thiazole rings is 1. The zero-order valence-electron chi connectivity index (χ0n) is 12.4. The van der Waals surface area contributed by atoms with Crippen LogP contribution < -0.4 is 5.32 Å². The van der Waals surface area contributed by atoms with Gasteiger partial charge in [-0.05, 0) is 18.6 Å². The number of aromatic amines is 1. The van der Waals surface area contributed by atoms with Gasteiger partial charge in [-0.2, -0.15) is 0 Å². The minimum atomic E-state index is -0.958. The van der Waals surface area contributed by atoms with Crippen molar-refractivity contribution in [2.24, 2.45) is 0 Å². The van der Waals surface area contributed by atoms with Crippen LogP contribution in [-0.2, 0) is 12.8 Å². The number of hydrogen-bond acceptors (Lipinski definition) is 5. The van der Waals surface area contributed by atoms with E-state index < -0.39 is 5.97 Å². The Hall–Kier alpha value is -2.19. The molecule has 3 aromatic heterocycles. The lowest BCUT2D eigenvalue weighted by Crippen LogP contribution is -2.25. The number of thiophene rings is 1.